The van der Waals surface area contributed by atoms with Gasteiger partial charge in [0.25, 0.3) is 0 Å². The Balaban J connectivity index is 1.70. The van der Waals surface area contributed by atoms with Gasteiger partial charge in [0.1, 0.15) is 11.3 Å². The van der Waals surface area contributed by atoms with E-state index in [2.05, 4.69) is 24.5 Å². The molecule has 0 aliphatic heterocycles. The van der Waals surface area contributed by atoms with Crippen LogP contribution in [0.5, 0.6) is 0 Å². The summed E-state index contributed by atoms with van der Waals surface area (Å²) in [5, 5.41) is 9.34. The van der Waals surface area contributed by atoms with Crippen molar-refractivity contribution >= 4 is 22.7 Å². The maximum Gasteiger partial charge on any atom is 0.328 e. The fourth-order valence-corrected chi connectivity index (χ4v) is 3.93. The lowest BCUT2D eigenvalue weighted by atomic mass is 9.96. The number of nitrogens with zero attached hydrogens (tertiary/aromatic N) is 3. The van der Waals surface area contributed by atoms with Gasteiger partial charge in [0, 0.05) is 18.2 Å². The van der Waals surface area contributed by atoms with Crippen molar-refractivity contribution in [1.29, 1.82) is 0 Å². The summed E-state index contributed by atoms with van der Waals surface area (Å²) in [6.45, 7) is 6.84. The number of aryl methyl sites for hydroxylation is 3. The van der Waals surface area contributed by atoms with Crippen LogP contribution in [-0.2, 0) is 17.8 Å². The number of aromatic nitrogens is 3. The summed E-state index contributed by atoms with van der Waals surface area (Å²) in [4.78, 5) is 20.9. The maximum atomic E-state index is 11.4. The molecule has 0 aliphatic rings. The van der Waals surface area contributed by atoms with Crippen molar-refractivity contribution in [3.63, 3.8) is 0 Å². The quantitative estimate of drug-likeness (QED) is 0.444. The minimum absolute atomic E-state index is 0.666. The third-order valence-corrected chi connectivity index (χ3v) is 5.38. The highest BCUT2D eigenvalue weighted by molar-refractivity contribution is 5.95. The molecule has 2 aromatic carbocycles. The van der Waals surface area contributed by atoms with E-state index in [1.807, 2.05) is 61.5 Å². The van der Waals surface area contributed by atoms with Crippen LogP contribution in [0, 0.1) is 13.8 Å². The van der Waals surface area contributed by atoms with Gasteiger partial charge in [-0.2, -0.15) is 0 Å². The second kappa shape index (κ2) is 8.56. The average molecular weight is 412 g/mol. The Kier molecular flexibility index (Phi) is 5.67. The number of pyridine rings is 1. The first-order valence-corrected chi connectivity index (χ1v) is 10.4. The normalized spacial score (nSPS) is 11.8. The molecule has 0 bridgehead atoms. The van der Waals surface area contributed by atoms with Gasteiger partial charge in [-0.1, -0.05) is 61.5 Å². The summed E-state index contributed by atoms with van der Waals surface area (Å²) in [6.07, 6.45) is 2.09. The predicted octanol–water partition coefficient (Wildman–Crippen LogP) is 5.18. The van der Waals surface area contributed by atoms with Gasteiger partial charge < -0.3 is 9.67 Å². The van der Waals surface area contributed by atoms with Gasteiger partial charge in [-0.15, -0.1) is 0 Å². The third-order valence-electron chi connectivity index (χ3n) is 5.38. The molecule has 4 rings (SSSR count). The van der Waals surface area contributed by atoms with E-state index >= 15 is 0 Å². The largest absolute Gasteiger partial charge is 0.478 e. The smallest absolute Gasteiger partial charge is 0.328 e. The van der Waals surface area contributed by atoms with Crippen LogP contribution in [0.25, 0.3) is 16.7 Å². The number of fused-ring (bicyclic) bond motifs is 1. The van der Waals surface area contributed by atoms with Crippen molar-refractivity contribution < 1.29 is 9.90 Å². The van der Waals surface area contributed by atoms with Crippen LogP contribution in [0.15, 0.2) is 66.7 Å². The van der Waals surface area contributed by atoms with Crippen LogP contribution in [-0.4, -0.2) is 25.6 Å². The molecule has 5 heteroatoms. The molecule has 0 amide bonds. The highest BCUT2D eigenvalue weighted by Crippen LogP contribution is 2.25. The molecule has 0 fully saturated rings. The topological polar surface area (TPSA) is 68.0 Å². The summed E-state index contributed by atoms with van der Waals surface area (Å²) in [5.74, 6) is 0.0493. The lowest BCUT2D eigenvalue weighted by Gasteiger charge is -2.11. The van der Waals surface area contributed by atoms with E-state index in [0.717, 1.165) is 51.4 Å². The fraction of sp³-hybridized carbons (Fsp3) is 0.192. The summed E-state index contributed by atoms with van der Waals surface area (Å²) < 4.78 is 2.18. The Hall–Kier alpha value is -3.73. The molecule has 0 saturated carbocycles. The highest BCUT2D eigenvalue weighted by Gasteiger charge is 2.14. The standard InChI is InChI=1S/C26H25N3O2/c1-4-23-28-25-17(2)14-18(3)27-26(25)29(23)16-19-10-12-21(13-11-19)22(15-24(30)31)20-8-6-5-7-9-20/h5-15H,4,16H2,1-3H3,(H,30,31)/b22-15-. The number of hydrogen-bond acceptors (Lipinski definition) is 3. The highest BCUT2D eigenvalue weighted by atomic mass is 16.4. The molecular weight excluding hydrogens is 386 g/mol. The van der Waals surface area contributed by atoms with E-state index in [1.54, 1.807) is 0 Å². The molecule has 4 aromatic rings. The molecule has 0 spiro atoms. The molecule has 2 aromatic heterocycles. The summed E-state index contributed by atoms with van der Waals surface area (Å²) in [7, 11) is 0. The zero-order chi connectivity index (χ0) is 22.0. The number of carbonyl (C=O) groups is 1. The first-order valence-electron chi connectivity index (χ1n) is 10.4. The molecule has 156 valence electrons. The van der Waals surface area contributed by atoms with E-state index in [-0.39, 0.29) is 0 Å². The maximum absolute atomic E-state index is 11.4. The minimum Gasteiger partial charge on any atom is -0.478 e. The van der Waals surface area contributed by atoms with E-state index in [0.29, 0.717) is 12.1 Å². The minimum atomic E-state index is -0.961. The van der Waals surface area contributed by atoms with Gasteiger partial charge in [0.05, 0.1) is 6.54 Å². The Morgan fingerprint density at radius 2 is 1.68 bits per heavy atom. The number of benzene rings is 2. The number of carboxylic acid groups (broad SMARTS) is 1. The van der Waals surface area contributed by atoms with Gasteiger partial charge in [-0.25, -0.2) is 14.8 Å². The van der Waals surface area contributed by atoms with Crippen LogP contribution in [0.2, 0.25) is 0 Å². The Morgan fingerprint density at radius 1 is 1.00 bits per heavy atom. The summed E-state index contributed by atoms with van der Waals surface area (Å²) in [6, 6.07) is 19.7. The van der Waals surface area contributed by atoms with Crippen LogP contribution in [0.4, 0.5) is 0 Å². The SMILES string of the molecule is CCc1nc2c(C)cc(C)nc2n1Cc1ccc(/C(=C\C(=O)O)c2ccccc2)cc1. The summed E-state index contributed by atoms with van der Waals surface area (Å²) in [5.41, 5.74) is 7.53. The number of aliphatic carboxylic acids is 1. The lowest BCUT2D eigenvalue weighted by molar-refractivity contribution is -0.131. The van der Waals surface area contributed by atoms with Crippen LogP contribution < -0.4 is 0 Å². The molecule has 0 saturated heterocycles. The molecule has 5 nitrogen and oxygen atoms in total. The number of hydrogen-bond donors (Lipinski definition) is 1. The zero-order valence-corrected chi connectivity index (χ0v) is 18.0. The second-order valence-electron chi connectivity index (χ2n) is 7.68. The van der Waals surface area contributed by atoms with Gasteiger partial charge >= 0.3 is 5.97 Å². The van der Waals surface area contributed by atoms with Gasteiger partial charge in [-0.05, 0) is 47.7 Å². The Morgan fingerprint density at radius 3 is 2.32 bits per heavy atom. The second-order valence-corrected chi connectivity index (χ2v) is 7.68. The van der Waals surface area contributed by atoms with Gasteiger partial charge in [0.15, 0.2) is 5.65 Å². The van der Waals surface area contributed by atoms with E-state index in [9.17, 15) is 9.90 Å². The van der Waals surface area contributed by atoms with Crippen molar-refractivity contribution in [3.05, 3.63) is 101 Å². The van der Waals surface area contributed by atoms with E-state index < -0.39 is 5.97 Å². The van der Waals surface area contributed by atoms with Crippen molar-refractivity contribution in [3.8, 4) is 0 Å². The predicted molar refractivity (Wildman–Crippen MR) is 123 cm³/mol. The van der Waals surface area contributed by atoms with E-state index in [1.165, 1.54) is 6.08 Å². The lowest BCUT2D eigenvalue weighted by Crippen LogP contribution is -2.06. The van der Waals surface area contributed by atoms with Gasteiger partial charge in [-0.3, -0.25) is 0 Å². The van der Waals surface area contributed by atoms with Gasteiger partial charge in [0.2, 0.25) is 0 Å². The number of carboxylic acids is 1. The van der Waals surface area contributed by atoms with Crippen LogP contribution in [0.3, 0.4) is 0 Å². The van der Waals surface area contributed by atoms with Crippen molar-refractivity contribution in [2.24, 2.45) is 0 Å². The molecule has 0 aliphatic carbocycles. The monoisotopic (exact) mass is 411 g/mol. The first-order chi connectivity index (χ1) is 15.0. The molecule has 31 heavy (non-hydrogen) atoms. The molecule has 2 heterocycles. The molecule has 0 radical (unpaired) electrons. The van der Waals surface area contributed by atoms with Crippen LogP contribution >= 0.6 is 0 Å². The Labute approximate surface area is 181 Å². The van der Waals surface area contributed by atoms with Crippen molar-refractivity contribution in [1.82, 2.24) is 14.5 Å². The third kappa shape index (κ3) is 4.26. The number of imidazole rings is 1. The van der Waals surface area contributed by atoms with Crippen LogP contribution in [0.1, 0.15) is 40.7 Å². The summed E-state index contributed by atoms with van der Waals surface area (Å²) >= 11 is 0. The zero-order valence-electron chi connectivity index (χ0n) is 18.0. The van der Waals surface area contributed by atoms with Crippen molar-refractivity contribution in [2.75, 3.05) is 0 Å². The average Bonchev–Trinajstić information content (AvgIpc) is 3.11. The molecular formula is C26H25N3O2. The fourth-order valence-electron chi connectivity index (χ4n) is 3.93. The van der Waals surface area contributed by atoms with E-state index in [4.69, 9.17) is 9.97 Å². The number of rotatable bonds is 6. The molecule has 1 N–H and O–H groups in total. The first kappa shape index (κ1) is 20.5. The molecule has 0 atom stereocenters. The van der Waals surface area contributed by atoms with Crippen molar-refractivity contribution in [2.45, 2.75) is 33.7 Å². The molecule has 0 unspecified atom stereocenters. The Bertz CT molecular complexity index is 1270.